The normalized spacial score (nSPS) is 12.9. The molecule has 0 aliphatic heterocycles. The van der Waals surface area contributed by atoms with Gasteiger partial charge in [0.15, 0.2) is 14.3 Å². The number of benzene rings is 6. The lowest BCUT2D eigenvalue weighted by Gasteiger charge is -2.38. The monoisotopic (exact) mass is 704 g/mol. The predicted molar refractivity (Wildman–Crippen MR) is 185 cm³/mol. The summed E-state index contributed by atoms with van der Waals surface area (Å²) in [5, 5.41) is 1.67. The van der Waals surface area contributed by atoms with Crippen molar-refractivity contribution in [3.05, 3.63) is 181 Å². The summed E-state index contributed by atoms with van der Waals surface area (Å²) in [5.41, 5.74) is -6.64. The summed E-state index contributed by atoms with van der Waals surface area (Å²) < 4.78 is 120. The van der Waals surface area contributed by atoms with E-state index in [2.05, 4.69) is 0 Å². The summed E-state index contributed by atoms with van der Waals surface area (Å²) in [6.45, 7) is 0. The molecule has 248 valence electrons. The van der Waals surface area contributed by atoms with Gasteiger partial charge in [0.1, 0.15) is 0 Å². The Balaban J connectivity index is 1.52. The lowest BCUT2D eigenvalue weighted by atomic mass is 9.73. The fourth-order valence-electron chi connectivity index (χ4n) is 6.27. The van der Waals surface area contributed by atoms with E-state index in [0.717, 1.165) is 48.5 Å². The van der Waals surface area contributed by atoms with Crippen LogP contribution in [-0.2, 0) is 14.5 Å². The number of rotatable bonds is 8. The van der Waals surface area contributed by atoms with Crippen LogP contribution in [0.3, 0.4) is 0 Å². The minimum atomic E-state index is -5.85. The van der Waals surface area contributed by atoms with Gasteiger partial charge in [-0.15, -0.1) is 0 Å². The maximum atomic E-state index is 15.1. The van der Waals surface area contributed by atoms with Crippen LogP contribution in [0.5, 0.6) is 0 Å². The summed E-state index contributed by atoms with van der Waals surface area (Å²) in [6.07, 6.45) is -11.7. The van der Waals surface area contributed by atoms with Crippen molar-refractivity contribution < 1.29 is 35.5 Å². The van der Waals surface area contributed by atoms with Gasteiger partial charge in [0.25, 0.3) is 0 Å². The highest BCUT2D eigenvalue weighted by molar-refractivity contribution is 7.85. The molecule has 0 aliphatic carbocycles. The zero-order chi connectivity index (χ0) is 34.9. The first-order valence-electron chi connectivity index (χ1n) is 15.1. The van der Waals surface area contributed by atoms with Crippen molar-refractivity contribution in [2.24, 2.45) is 0 Å². The quantitative estimate of drug-likeness (QED) is 0.118. The van der Waals surface area contributed by atoms with Gasteiger partial charge in [-0.3, -0.25) is 0 Å². The Morgan fingerprint density at radius 3 is 0.714 bits per heavy atom. The van der Waals surface area contributed by atoms with Crippen LogP contribution < -0.4 is 31.8 Å². The molecule has 0 radical (unpaired) electrons. The molecule has 2 nitrogen and oxygen atoms in total. The van der Waals surface area contributed by atoms with Gasteiger partial charge < -0.3 is 9.13 Å². The van der Waals surface area contributed by atoms with E-state index in [0.29, 0.717) is 21.2 Å². The summed E-state index contributed by atoms with van der Waals surface area (Å²) in [4.78, 5) is 0. The van der Waals surface area contributed by atoms with Crippen LogP contribution in [0.25, 0.3) is 0 Å². The molecule has 0 bridgehead atoms. The Bertz CT molecular complexity index is 1870. The van der Waals surface area contributed by atoms with Crippen molar-refractivity contribution in [3.8, 4) is 0 Å². The van der Waals surface area contributed by atoms with Gasteiger partial charge in [-0.05, 0) is 11.1 Å². The van der Waals surface area contributed by atoms with E-state index in [1.54, 1.807) is 121 Å². The van der Waals surface area contributed by atoms with Gasteiger partial charge >= 0.3 is 12.4 Å². The van der Waals surface area contributed by atoms with Crippen molar-refractivity contribution >= 4 is 46.1 Å². The third-order valence-corrected chi connectivity index (χ3v) is 14.8. The molecule has 0 saturated carbocycles. The summed E-state index contributed by atoms with van der Waals surface area (Å²) in [6, 6.07) is 40.4. The van der Waals surface area contributed by atoms with Crippen LogP contribution in [0.2, 0.25) is 0 Å². The molecule has 10 heteroatoms. The maximum absolute atomic E-state index is 15.1. The number of halogens is 6. The number of hydrogen-bond acceptors (Lipinski definition) is 2. The Labute approximate surface area is 279 Å². The van der Waals surface area contributed by atoms with Gasteiger partial charge in [-0.1, -0.05) is 170 Å². The zero-order valence-corrected chi connectivity index (χ0v) is 27.4. The highest BCUT2D eigenvalue weighted by Crippen LogP contribution is 2.56. The molecule has 0 amide bonds. The Morgan fingerprint density at radius 2 is 0.510 bits per heavy atom. The first kappa shape index (κ1) is 34.2. The highest BCUT2D eigenvalue weighted by Gasteiger charge is 2.72. The van der Waals surface area contributed by atoms with Gasteiger partial charge in [0.05, 0.1) is 0 Å². The molecule has 6 aromatic rings. The smallest absolute Gasteiger partial charge is 0.309 e. The molecular formula is C39H28F6O2P2. The fraction of sp³-hybridized carbons (Fsp3) is 0.0769. The number of alkyl halides is 6. The largest absolute Gasteiger partial charge is 0.411 e. The topological polar surface area (TPSA) is 34.1 Å². The molecule has 0 unspecified atom stereocenters. The molecule has 0 saturated heterocycles. The standard InChI is InChI=1S/C39H28F6O2P2/c40-38(41,42)37(39(43,44)45,29-21-25-35(26-22-29)48(46,31-13-5-1-6-14-31)32-15-7-2-8-16-32)30-23-27-36(28-24-30)49(47,33-17-9-3-10-18-33)34-19-11-4-12-20-34/h1-28H. The first-order valence-corrected chi connectivity index (χ1v) is 18.5. The van der Waals surface area contributed by atoms with E-state index < -0.39 is 43.2 Å². The average Bonchev–Trinajstić information content (AvgIpc) is 3.12. The summed E-state index contributed by atoms with van der Waals surface area (Å²) in [7, 11) is -7.36. The second-order valence-corrected chi connectivity index (χ2v) is 16.9. The summed E-state index contributed by atoms with van der Waals surface area (Å²) in [5.74, 6) is 0. The van der Waals surface area contributed by atoms with Crippen LogP contribution in [0.15, 0.2) is 170 Å². The van der Waals surface area contributed by atoms with Gasteiger partial charge in [-0.2, -0.15) is 26.3 Å². The maximum Gasteiger partial charge on any atom is 0.411 e. The first-order chi connectivity index (χ1) is 23.3. The molecule has 6 rings (SSSR count). The average molecular weight is 705 g/mol. The van der Waals surface area contributed by atoms with E-state index in [-0.39, 0.29) is 10.6 Å². The van der Waals surface area contributed by atoms with Gasteiger partial charge in [-0.25, -0.2) is 0 Å². The molecule has 6 aromatic carbocycles. The van der Waals surface area contributed by atoms with Crippen LogP contribution in [-0.4, -0.2) is 12.4 Å². The van der Waals surface area contributed by atoms with E-state index in [1.807, 2.05) is 0 Å². The molecule has 0 spiro atoms. The second-order valence-electron chi connectivity index (χ2n) is 11.4. The minimum Gasteiger partial charge on any atom is -0.309 e. The number of hydrogen-bond donors (Lipinski definition) is 0. The highest BCUT2D eigenvalue weighted by atomic mass is 31.2. The van der Waals surface area contributed by atoms with E-state index in [1.165, 1.54) is 0 Å². The van der Waals surface area contributed by atoms with Crippen LogP contribution >= 0.6 is 14.3 Å². The third kappa shape index (κ3) is 5.77. The SMILES string of the molecule is O=P(c1ccccc1)(c1ccccc1)c1ccc(C(c2ccc(P(=O)(c3ccccc3)c3ccccc3)cc2)(C(F)(F)F)C(F)(F)F)cc1. The molecule has 0 heterocycles. The van der Waals surface area contributed by atoms with Crippen LogP contribution in [0.1, 0.15) is 11.1 Å². The van der Waals surface area contributed by atoms with Crippen molar-refractivity contribution in [2.45, 2.75) is 17.8 Å². The van der Waals surface area contributed by atoms with Crippen molar-refractivity contribution in [3.63, 3.8) is 0 Å². The van der Waals surface area contributed by atoms with Crippen LogP contribution in [0, 0.1) is 0 Å². The fourth-order valence-corrected chi connectivity index (χ4v) is 11.6. The lowest BCUT2D eigenvalue weighted by molar-refractivity contribution is -0.288. The van der Waals surface area contributed by atoms with Crippen molar-refractivity contribution in [1.82, 2.24) is 0 Å². The Kier molecular flexibility index (Phi) is 9.08. The molecule has 0 fully saturated rings. The molecule has 0 N–H and O–H groups in total. The summed E-state index contributed by atoms with van der Waals surface area (Å²) >= 11 is 0. The van der Waals surface area contributed by atoms with Gasteiger partial charge in [0.2, 0.25) is 5.41 Å². The third-order valence-electron chi connectivity index (χ3n) is 8.66. The van der Waals surface area contributed by atoms with E-state index in [4.69, 9.17) is 0 Å². The zero-order valence-electron chi connectivity index (χ0n) is 25.6. The minimum absolute atomic E-state index is 0.0777. The van der Waals surface area contributed by atoms with Crippen molar-refractivity contribution in [2.75, 3.05) is 0 Å². The lowest BCUT2D eigenvalue weighted by Crippen LogP contribution is -2.55. The van der Waals surface area contributed by atoms with E-state index in [9.17, 15) is 9.13 Å². The second kappa shape index (κ2) is 13.0. The predicted octanol–water partition coefficient (Wildman–Crippen LogP) is 8.38. The van der Waals surface area contributed by atoms with Crippen molar-refractivity contribution in [1.29, 1.82) is 0 Å². The molecular weight excluding hydrogens is 676 g/mol. The van der Waals surface area contributed by atoms with Gasteiger partial charge in [0, 0.05) is 31.8 Å². The van der Waals surface area contributed by atoms with E-state index >= 15 is 26.3 Å². The molecule has 0 aliphatic rings. The molecule has 0 aromatic heterocycles. The Morgan fingerprint density at radius 1 is 0.306 bits per heavy atom. The molecule has 49 heavy (non-hydrogen) atoms. The van der Waals surface area contributed by atoms with Crippen LogP contribution in [0.4, 0.5) is 26.3 Å². The Hall–Kier alpha value is -4.64. The molecule has 0 atom stereocenters.